The molecule has 3 heterocycles. The van der Waals surface area contributed by atoms with Crippen LogP contribution in [0, 0.1) is 5.92 Å². The predicted molar refractivity (Wildman–Crippen MR) is 107 cm³/mol. The Hall–Kier alpha value is -2.21. The predicted octanol–water partition coefficient (Wildman–Crippen LogP) is 3.42. The second-order valence-corrected chi connectivity index (χ2v) is 7.80. The zero-order valence-corrected chi connectivity index (χ0v) is 16.5. The van der Waals surface area contributed by atoms with Crippen LogP contribution >= 0.6 is 0 Å². The van der Waals surface area contributed by atoms with E-state index in [9.17, 15) is 0 Å². The van der Waals surface area contributed by atoms with Crippen molar-refractivity contribution in [2.45, 2.75) is 52.1 Å². The quantitative estimate of drug-likeness (QED) is 0.643. The van der Waals surface area contributed by atoms with Crippen molar-refractivity contribution in [2.75, 3.05) is 13.1 Å². The molecular formula is C21H30N6. The lowest BCUT2D eigenvalue weighted by Crippen LogP contribution is -2.35. The van der Waals surface area contributed by atoms with E-state index in [1.54, 1.807) is 6.33 Å². The number of fused-ring (bicyclic) bond motifs is 1. The summed E-state index contributed by atoms with van der Waals surface area (Å²) in [6.07, 6.45) is 7.70. The monoisotopic (exact) mass is 366 g/mol. The summed E-state index contributed by atoms with van der Waals surface area (Å²) in [5, 5.41) is 8.25. The Balaban J connectivity index is 1.40. The fourth-order valence-corrected chi connectivity index (χ4v) is 4.11. The highest BCUT2D eigenvalue weighted by atomic mass is 15.2. The molecule has 0 N–H and O–H groups in total. The van der Waals surface area contributed by atoms with Gasteiger partial charge in [0, 0.05) is 20.0 Å². The zero-order valence-electron chi connectivity index (χ0n) is 16.5. The average molecular weight is 367 g/mol. The number of imidazole rings is 1. The fourth-order valence-electron chi connectivity index (χ4n) is 4.11. The van der Waals surface area contributed by atoms with Gasteiger partial charge in [-0.15, -0.1) is 10.2 Å². The Morgan fingerprint density at radius 2 is 1.93 bits per heavy atom. The molecule has 6 heteroatoms. The fraction of sp³-hybridized carbons (Fsp3) is 0.571. The summed E-state index contributed by atoms with van der Waals surface area (Å²) in [6.45, 7) is 6.55. The summed E-state index contributed by atoms with van der Waals surface area (Å²) in [5.41, 5.74) is 2.40. The zero-order chi connectivity index (χ0) is 18.6. The second-order valence-electron chi connectivity index (χ2n) is 7.80. The Morgan fingerprint density at radius 3 is 2.67 bits per heavy atom. The summed E-state index contributed by atoms with van der Waals surface area (Å²) in [6, 6.07) is 8.54. The lowest BCUT2D eigenvalue weighted by molar-refractivity contribution is 0.170. The number of hydrogen-bond donors (Lipinski definition) is 0. The second kappa shape index (κ2) is 8.21. The van der Waals surface area contributed by atoms with Gasteiger partial charge in [0.15, 0.2) is 0 Å². The number of rotatable bonds is 7. The maximum Gasteiger partial charge on any atom is 0.132 e. The van der Waals surface area contributed by atoms with Crippen LogP contribution in [0.4, 0.5) is 0 Å². The molecule has 0 amide bonds. The molecule has 0 atom stereocenters. The van der Waals surface area contributed by atoms with Gasteiger partial charge in [-0.05, 0) is 50.4 Å². The van der Waals surface area contributed by atoms with Crippen LogP contribution in [0.3, 0.4) is 0 Å². The van der Waals surface area contributed by atoms with Gasteiger partial charge in [-0.3, -0.25) is 4.90 Å². The van der Waals surface area contributed by atoms with Gasteiger partial charge in [0.1, 0.15) is 18.0 Å². The van der Waals surface area contributed by atoms with E-state index in [2.05, 4.69) is 50.9 Å². The first-order valence-corrected chi connectivity index (χ1v) is 10.2. The van der Waals surface area contributed by atoms with E-state index in [4.69, 9.17) is 4.98 Å². The van der Waals surface area contributed by atoms with Gasteiger partial charge in [0.2, 0.25) is 0 Å². The van der Waals surface area contributed by atoms with Crippen LogP contribution in [-0.2, 0) is 26.6 Å². The van der Waals surface area contributed by atoms with Crippen LogP contribution in [0.1, 0.15) is 44.3 Å². The molecule has 1 aromatic carbocycles. The number of likely N-dealkylation sites (tertiary alicyclic amines) is 1. The van der Waals surface area contributed by atoms with E-state index in [0.29, 0.717) is 5.92 Å². The summed E-state index contributed by atoms with van der Waals surface area (Å²) >= 11 is 0. The van der Waals surface area contributed by atoms with Crippen LogP contribution in [0.25, 0.3) is 11.0 Å². The summed E-state index contributed by atoms with van der Waals surface area (Å²) in [7, 11) is 2.03. The molecular weight excluding hydrogens is 336 g/mol. The Bertz CT molecular complexity index is 872. The number of benzene rings is 1. The van der Waals surface area contributed by atoms with Gasteiger partial charge in [-0.2, -0.15) is 0 Å². The lowest BCUT2D eigenvalue weighted by Gasteiger charge is -2.31. The number of aryl methyl sites for hydroxylation is 2. The van der Waals surface area contributed by atoms with Crippen molar-refractivity contribution in [3.05, 3.63) is 42.2 Å². The minimum atomic E-state index is 0.711. The van der Waals surface area contributed by atoms with Gasteiger partial charge in [-0.25, -0.2) is 4.98 Å². The molecule has 1 aliphatic rings. The third-order valence-corrected chi connectivity index (χ3v) is 5.82. The molecule has 1 fully saturated rings. The standard InChI is InChI=1S/C21H30N6/c1-3-4-11-27-19-8-6-5-7-18(19)23-21(27)15-26-12-9-17(10-13-26)14-20-24-22-16-25(20)2/h5-8,16-17H,3-4,9-15H2,1-2H3. The third kappa shape index (κ3) is 4.05. The van der Waals surface area contributed by atoms with Gasteiger partial charge in [0.05, 0.1) is 17.6 Å². The molecule has 1 saturated heterocycles. The van der Waals surface area contributed by atoms with Gasteiger partial charge in [0.25, 0.3) is 0 Å². The topological polar surface area (TPSA) is 51.8 Å². The van der Waals surface area contributed by atoms with E-state index in [0.717, 1.165) is 43.9 Å². The molecule has 0 radical (unpaired) electrons. The molecule has 0 bridgehead atoms. The summed E-state index contributed by atoms with van der Waals surface area (Å²) < 4.78 is 4.48. The van der Waals surface area contributed by atoms with Gasteiger partial charge >= 0.3 is 0 Å². The molecule has 0 spiro atoms. The van der Waals surface area contributed by atoms with E-state index >= 15 is 0 Å². The van der Waals surface area contributed by atoms with Crippen molar-refractivity contribution in [3.63, 3.8) is 0 Å². The molecule has 2 aromatic heterocycles. The van der Waals surface area contributed by atoms with Gasteiger partial charge < -0.3 is 9.13 Å². The van der Waals surface area contributed by atoms with E-state index in [1.165, 1.54) is 37.0 Å². The largest absolute Gasteiger partial charge is 0.327 e. The summed E-state index contributed by atoms with van der Waals surface area (Å²) in [5.74, 6) is 3.04. The highest BCUT2D eigenvalue weighted by Crippen LogP contribution is 2.23. The normalized spacial score (nSPS) is 16.4. The van der Waals surface area contributed by atoms with E-state index in [-0.39, 0.29) is 0 Å². The minimum Gasteiger partial charge on any atom is -0.327 e. The number of unbranched alkanes of at least 4 members (excludes halogenated alkanes) is 1. The van der Waals surface area contributed by atoms with Crippen LogP contribution in [-0.4, -0.2) is 42.3 Å². The average Bonchev–Trinajstić information content (AvgIpc) is 3.24. The molecule has 3 aromatic rings. The molecule has 6 nitrogen and oxygen atoms in total. The maximum absolute atomic E-state index is 4.95. The molecule has 0 unspecified atom stereocenters. The van der Waals surface area contributed by atoms with E-state index < -0.39 is 0 Å². The van der Waals surface area contributed by atoms with Crippen molar-refractivity contribution in [3.8, 4) is 0 Å². The van der Waals surface area contributed by atoms with Crippen LogP contribution in [0.5, 0.6) is 0 Å². The van der Waals surface area contributed by atoms with Crippen LogP contribution in [0.2, 0.25) is 0 Å². The Labute approximate surface area is 161 Å². The molecule has 0 saturated carbocycles. The van der Waals surface area contributed by atoms with Crippen molar-refractivity contribution >= 4 is 11.0 Å². The van der Waals surface area contributed by atoms with Crippen molar-refractivity contribution in [1.29, 1.82) is 0 Å². The highest BCUT2D eigenvalue weighted by molar-refractivity contribution is 5.75. The SMILES string of the molecule is CCCCn1c(CN2CCC(Cc3nncn3C)CC2)nc2ccccc21. The molecule has 0 aliphatic carbocycles. The maximum atomic E-state index is 4.95. The lowest BCUT2D eigenvalue weighted by atomic mass is 9.93. The smallest absolute Gasteiger partial charge is 0.132 e. The Morgan fingerprint density at radius 1 is 1.11 bits per heavy atom. The molecule has 4 rings (SSSR count). The van der Waals surface area contributed by atoms with Crippen molar-refractivity contribution < 1.29 is 0 Å². The van der Waals surface area contributed by atoms with Crippen molar-refractivity contribution in [2.24, 2.45) is 13.0 Å². The number of aromatic nitrogens is 5. The van der Waals surface area contributed by atoms with Gasteiger partial charge in [-0.1, -0.05) is 25.5 Å². The molecule has 144 valence electrons. The number of nitrogens with zero attached hydrogens (tertiary/aromatic N) is 6. The van der Waals surface area contributed by atoms with Crippen LogP contribution < -0.4 is 0 Å². The number of piperidine rings is 1. The first-order chi connectivity index (χ1) is 13.2. The highest BCUT2D eigenvalue weighted by Gasteiger charge is 2.22. The minimum absolute atomic E-state index is 0.711. The Kier molecular flexibility index (Phi) is 5.53. The third-order valence-electron chi connectivity index (χ3n) is 5.82. The van der Waals surface area contributed by atoms with E-state index in [1.807, 2.05) is 11.6 Å². The number of hydrogen-bond acceptors (Lipinski definition) is 4. The number of para-hydroxylation sites is 2. The first kappa shape index (κ1) is 18.2. The van der Waals surface area contributed by atoms with Crippen LogP contribution in [0.15, 0.2) is 30.6 Å². The van der Waals surface area contributed by atoms with Crippen molar-refractivity contribution in [1.82, 2.24) is 29.2 Å². The first-order valence-electron chi connectivity index (χ1n) is 10.2. The molecule has 27 heavy (non-hydrogen) atoms. The molecule has 1 aliphatic heterocycles. The summed E-state index contributed by atoms with van der Waals surface area (Å²) in [4.78, 5) is 7.52.